The van der Waals surface area contributed by atoms with Crippen molar-refractivity contribution in [1.82, 2.24) is 15.1 Å². The molecule has 5 heteroatoms. The van der Waals surface area contributed by atoms with E-state index in [4.69, 9.17) is 5.11 Å². The number of nitrogens with zero attached hydrogens (tertiary/aromatic N) is 2. The predicted octanol–water partition coefficient (Wildman–Crippen LogP) is 1.66. The first-order chi connectivity index (χ1) is 10.2. The molecule has 0 aromatic rings. The van der Waals surface area contributed by atoms with Crippen LogP contribution in [0.4, 0.5) is 4.79 Å². The summed E-state index contributed by atoms with van der Waals surface area (Å²) in [6, 6.07) is 0.275. The average molecular weight is 297 g/mol. The van der Waals surface area contributed by atoms with E-state index >= 15 is 0 Å². The summed E-state index contributed by atoms with van der Waals surface area (Å²) >= 11 is 0. The van der Waals surface area contributed by atoms with Gasteiger partial charge in [0.15, 0.2) is 0 Å². The lowest BCUT2D eigenvalue weighted by atomic mass is 10.00. The van der Waals surface area contributed by atoms with Crippen molar-refractivity contribution in [3.05, 3.63) is 0 Å². The smallest absolute Gasteiger partial charge is 0.317 e. The van der Waals surface area contributed by atoms with Crippen LogP contribution in [0, 0.1) is 5.92 Å². The van der Waals surface area contributed by atoms with Crippen molar-refractivity contribution < 1.29 is 9.90 Å². The highest BCUT2D eigenvalue weighted by Gasteiger charge is 2.26. The van der Waals surface area contributed by atoms with Crippen LogP contribution in [-0.2, 0) is 0 Å². The molecule has 0 radical (unpaired) electrons. The lowest BCUT2D eigenvalue weighted by molar-refractivity contribution is 0.129. The van der Waals surface area contributed by atoms with Gasteiger partial charge in [-0.15, -0.1) is 0 Å². The standard InChI is InChI=1S/C16H31N3O2/c1-14-5-4-9-18(13-14)11-8-17-16(21)19-10-3-2-6-15(19)7-12-20/h14-15,20H,2-13H2,1H3,(H,17,21). The number of amides is 2. The molecule has 2 aliphatic rings. The van der Waals surface area contributed by atoms with E-state index in [-0.39, 0.29) is 18.7 Å². The van der Waals surface area contributed by atoms with E-state index in [1.54, 1.807) is 0 Å². The topological polar surface area (TPSA) is 55.8 Å². The number of aliphatic hydroxyl groups is 1. The molecule has 122 valence electrons. The Kier molecular flexibility index (Phi) is 6.77. The average Bonchev–Trinajstić information content (AvgIpc) is 2.48. The van der Waals surface area contributed by atoms with Gasteiger partial charge in [0, 0.05) is 38.8 Å². The van der Waals surface area contributed by atoms with Crippen molar-refractivity contribution in [1.29, 1.82) is 0 Å². The van der Waals surface area contributed by atoms with E-state index in [2.05, 4.69) is 17.1 Å². The Balaban J connectivity index is 1.70. The number of rotatable bonds is 5. The van der Waals surface area contributed by atoms with Crippen LogP contribution in [0.5, 0.6) is 0 Å². The van der Waals surface area contributed by atoms with Crippen LogP contribution in [0.2, 0.25) is 0 Å². The van der Waals surface area contributed by atoms with Crippen LogP contribution in [0.25, 0.3) is 0 Å². The van der Waals surface area contributed by atoms with Crippen LogP contribution in [-0.4, -0.2) is 66.3 Å². The molecule has 0 aromatic carbocycles. The molecule has 0 aromatic heterocycles. The van der Waals surface area contributed by atoms with Gasteiger partial charge in [0.25, 0.3) is 0 Å². The summed E-state index contributed by atoms with van der Waals surface area (Å²) in [4.78, 5) is 16.7. The molecule has 2 atom stereocenters. The molecule has 2 aliphatic heterocycles. The minimum Gasteiger partial charge on any atom is -0.396 e. The van der Waals surface area contributed by atoms with Crippen LogP contribution >= 0.6 is 0 Å². The number of hydrogen-bond donors (Lipinski definition) is 2. The van der Waals surface area contributed by atoms with Crippen LogP contribution < -0.4 is 5.32 Å². The van der Waals surface area contributed by atoms with Gasteiger partial charge in [0.05, 0.1) is 0 Å². The zero-order valence-corrected chi connectivity index (χ0v) is 13.4. The van der Waals surface area contributed by atoms with E-state index < -0.39 is 0 Å². The van der Waals surface area contributed by atoms with Crippen molar-refractivity contribution in [3.8, 4) is 0 Å². The Hall–Kier alpha value is -0.810. The number of piperidine rings is 2. The summed E-state index contributed by atoms with van der Waals surface area (Å²) in [5, 5.41) is 12.2. The van der Waals surface area contributed by atoms with Gasteiger partial charge in [-0.05, 0) is 51.0 Å². The normalized spacial score (nSPS) is 27.6. The molecule has 2 unspecified atom stereocenters. The molecule has 0 aliphatic carbocycles. The Morgan fingerprint density at radius 2 is 2.10 bits per heavy atom. The zero-order valence-electron chi connectivity index (χ0n) is 13.4. The molecule has 2 heterocycles. The first-order valence-electron chi connectivity index (χ1n) is 8.58. The fraction of sp³-hybridized carbons (Fsp3) is 0.938. The largest absolute Gasteiger partial charge is 0.396 e. The first-order valence-corrected chi connectivity index (χ1v) is 8.58. The molecule has 0 bridgehead atoms. The van der Waals surface area contributed by atoms with E-state index in [9.17, 15) is 4.79 Å². The minimum atomic E-state index is 0.0539. The second-order valence-electron chi connectivity index (χ2n) is 6.64. The van der Waals surface area contributed by atoms with Gasteiger partial charge in [-0.1, -0.05) is 6.92 Å². The summed E-state index contributed by atoms with van der Waals surface area (Å²) in [6.07, 6.45) is 6.59. The Bertz CT molecular complexity index is 323. The summed E-state index contributed by atoms with van der Waals surface area (Å²) in [7, 11) is 0. The molecule has 2 saturated heterocycles. The number of hydrogen-bond acceptors (Lipinski definition) is 3. The molecule has 0 spiro atoms. The molecule has 5 nitrogen and oxygen atoms in total. The third-order valence-corrected chi connectivity index (χ3v) is 4.80. The summed E-state index contributed by atoms with van der Waals surface area (Å²) in [6.45, 7) is 7.31. The number of likely N-dealkylation sites (tertiary alicyclic amines) is 2. The van der Waals surface area contributed by atoms with Crippen LogP contribution in [0.3, 0.4) is 0 Å². The molecular formula is C16H31N3O2. The Morgan fingerprint density at radius 3 is 2.86 bits per heavy atom. The van der Waals surface area contributed by atoms with Gasteiger partial charge >= 0.3 is 6.03 Å². The van der Waals surface area contributed by atoms with E-state index in [1.165, 1.54) is 19.3 Å². The number of urea groups is 1. The highest BCUT2D eigenvalue weighted by molar-refractivity contribution is 5.74. The van der Waals surface area contributed by atoms with E-state index in [0.29, 0.717) is 6.42 Å². The molecule has 21 heavy (non-hydrogen) atoms. The maximum atomic E-state index is 12.3. The van der Waals surface area contributed by atoms with Gasteiger partial charge in [0.1, 0.15) is 0 Å². The van der Waals surface area contributed by atoms with E-state index in [0.717, 1.165) is 51.5 Å². The molecule has 0 saturated carbocycles. The maximum absolute atomic E-state index is 12.3. The third-order valence-electron chi connectivity index (χ3n) is 4.80. The predicted molar refractivity (Wildman–Crippen MR) is 84.3 cm³/mol. The molecule has 2 fully saturated rings. The molecule has 2 amide bonds. The van der Waals surface area contributed by atoms with Crippen molar-refractivity contribution in [2.24, 2.45) is 5.92 Å². The van der Waals surface area contributed by atoms with E-state index in [1.807, 2.05) is 4.90 Å². The highest BCUT2D eigenvalue weighted by atomic mass is 16.3. The van der Waals surface area contributed by atoms with Crippen molar-refractivity contribution in [2.75, 3.05) is 39.3 Å². The maximum Gasteiger partial charge on any atom is 0.317 e. The molecule has 2 N–H and O–H groups in total. The quantitative estimate of drug-likeness (QED) is 0.811. The van der Waals surface area contributed by atoms with Gasteiger partial charge in [-0.25, -0.2) is 4.79 Å². The first kappa shape index (κ1) is 16.6. The monoisotopic (exact) mass is 297 g/mol. The van der Waals surface area contributed by atoms with Crippen LogP contribution in [0.1, 0.15) is 45.4 Å². The second kappa shape index (κ2) is 8.59. The highest BCUT2D eigenvalue weighted by Crippen LogP contribution is 2.19. The molecular weight excluding hydrogens is 266 g/mol. The number of carbonyl (C=O) groups excluding carboxylic acids is 1. The molecule has 2 rings (SSSR count). The fourth-order valence-electron chi connectivity index (χ4n) is 3.63. The Morgan fingerprint density at radius 1 is 1.24 bits per heavy atom. The van der Waals surface area contributed by atoms with Crippen molar-refractivity contribution in [2.45, 2.75) is 51.5 Å². The Labute approximate surface area is 128 Å². The van der Waals surface area contributed by atoms with Gasteiger partial charge in [-0.3, -0.25) is 0 Å². The summed E-state index contributed by atoms with van der Waals surface area (Å²) in [5.41, 5.74) is 0. The summed E-state index contributed by atoms with van der Waals surface area (Å²) in [5.74, 6) is 0.783. The summed E-state index contributed by atoms with van der Waals surface area (Å²) < 4.78 is 0. The van der Waals surface area contributed by atoms with Crippen molar-refractivity contribution in [3.63, 3.8) is 0 Å². The van der Waals surface area contributed by atoms with Gasteiger partial charge in [0.2, 0.25) is 0 Å². The lowest BCUT2D eigenvalue weighted by Gasteiger charge is -2.36. The SMILES string of the molecule is CC1CCCN(CCNC(=O)N2CCCCC2CCO)C1. The van der Waals surface area contributed by atoms with Gasteiger partial charge < -0.3 is 20.2 Å². The fourth-order valence-corrected chi connectivity index (χ4v) is 3.63. The lowest BCUT2D eigenvalue weighted by Crippen LogP contribution is -2.50. The van der Waals surface area contributed by atoms with Gasteiger partial charge in [-0.2, -0.15) is 0 Å². The number of carbonyl (C=O) groups is 1. The minimum absolute atomic E-state index is 0.0539. The van der Waals surface area contributed by atoms with Crippen LogP contribution in [0.15, 0.2) is 0 Å². The second-order valence-corrected chi connectivity index (χ2v) is 6.64. The number of aliphatic hydroxyl groups excluding tert-OH is 1. The van der Waals surface area contributed by atoms with Crippen molar-refractivity contribution >= 4 is 6.03 Å². The zero-order chi connectivity index (χ0) is 15.1. The third kappa shape index (κ3) is 5.15. The number of nitrogens with one attached hydrogen (secondary N) is 1.